The lowest BCUT2D eigenvalue weighted by Gasteiger charge is -2.10. The van der Waals surface area contributed by atoms with Crippen LogP contribution in [0.5, 0.6) is 0 Å². The van der Waals surface area contributed by atoms with Crippen molar-refractivity contribution >= 4 is 22.5 Å². The SMILES string of the molecule is Cc1cccc(-c2nc(Cl)c3c(F)ccc(C)c3n2)c1C. The second-order valence-electron chi connectivity index (χ2n) is 5.17. The molecule has 2 nitrogen and oxygen atoms in total. The summed E-state index contributed by atoms with van der Waals surface area (Å²) in [5, 5.41) is 0.433. The van der Waals surface area contributed by atoms with E-state index in [1.54, 1.807) is 6.07 Å². The molecule has 0 atom stereocenters. The van der Waals surface area contributed by atoms with Crippen LogP contribution >= 0.6 is 11.6 Å². The Bertz CT molecular complexity index is 859. The van der Waals surface area contributed by atoms with Gasteiger partial charge in [-0.3, -0.25) is 0 Å². The first kappa shape index (κ1) is 14.0. The minimum Gasteiger partial charge on any atom is -0.227 e. The molecule has 3 aromatic rings. The van der Waals surface area contributed by atoms with Crippen LogP contribution in [0.25, 0.3) is 22.3 Å². The van der Waals surface area contributed by atoms with Crippen molar-refractivity contribution in [2.24, 2.45) is 0 Å². The second-order valence-corrected chi connectivity index (χ2v) is 5.53. The number of halogens is 2. The van der Waals surface area contributed by atoms with Crippen molar-refractivity contribution in [3.8, 4) is 11.4 Å². The van der Waals surface area contributed by atoms with E-state index in [-0.39, 0.29) is 10.5 Å². The van der Waals surface area contributed by atoms with Gasteiger partial charge < -0.3 is 0 Å². The lowest BCUT2D eigenvalue weighted by Crippen LogP contribution is -1.97. The van der Waals surface area contributed by atoms with E-state index >= 15 is 0 Å². The fraction of sp³-hybridized carbons (Fsp3) is 0.176. The molecule has 0 bridgehead atoms. The molecule has 4 heteroatoms. The Morgan fingerprint density at radius 3 is 2.48 bits per heavy atom. The Morgan fingerprint density at radius 2 is 1.71 bits per heavy atom. The van der Waals surface area contributed by atoms with Gasteiger partial charge in [0.05, 0.1) is 10.9 Å². The molecule has 106 valence electrons. The number of benzene rings is 2. The van der Waals surface area contributed by atoms with Crippen LogP contribution in [0.4, 0.5) is 4.39 Å². The van der Waals surface area contributed by atoms with Crippen molar-refractivity contribution in [2.45, 2.75) is 20.8 Å². The highest BCUT2D eigenvalue weighted by molar-refractivity contribution is 6.34. The molecule has 0 saturated carbocycles. The Hall–Kier alpha value is -2.00. The average molecular weight is 301 g/mol. The van der Waals surface area contributed by atoms with Crippen molar-refractivity contribution in [1.82, 2.24) is 9.97 Å². The van der Waals surface area contributed by atoms with Crippen LogP contribution in [-0.2, 0) is 0 Å². The van der Waals surface area contributed by atoms with Gasteiger partial charge in [0.2, 0.25) is 0 Å². The van der Waals surface area contributed by atoms with E-state index in [1.165, 1.54) is 6.07 Å². The number of hydrogen-bond acceptors (Lipinski definition) is 2. The monoisotopic (exact) mass is 300 g/mol. The maximum absolute atomic E-state index is 13.9. The number of aryl methyl sites for hydroxylation is 2. The predicted octanol–water partition coefficient (Wildman–Crippen LogP) is 5.01. The molecule has 0 spiro atoms. The standard InChI is InChI=1S/C17H14ClFN2/c1-9-5-4-6-12(11(9)3)17-20-15-10(2)7-8-13(19)14(15)16(18)21-17/h4-8H,1-3H3. The first-order chi connectivity index (χ1) is 9.99. The highest BCUT2D eigenvalue weighted by Crippen LogP contribution is 2.30. The number of nitrogens with zero attached hydrogens (tertiary/aromatic N) is 2. The molecule has 0 N–H and O–H groups in total. The highest BCUT2D eigenvalue weighted by Gasteiger charge is 2.14. The van der Waals surface area contributed by atoms with Crippen LogP contribution in [0, 0.1) is 26.6 Å². The zero-order chi connectivity index (χ0) is 15.1. The van der Waals surface area contributed by atoms with Gasteiger partial charge in [0.1, 0.15) is 11.0 Å². The second kappa shape index (κ2) is 5.08. The van der Waals surface area contributed by atoms with E-state index in [1.807, 2.05) is 39.0 Å². The quantitative estimate of drug-likeness (QED) is 0.590. The minimum absolute atomic E-state index is 0.150. The Morgan fingerprint density at radius 1 is 0.952 bits per heavy atom. The van der Waals surface area contributed by atoms with Crippen LogP contribution < -0.4 is 0 Å². The first-order valence-corrected chi connectivity index (χ1v) is 7.06. The van der Waals surface area contributed by atoms with Crippen LogP contribution in [0.15, 0.2) is 30.3 Å². The van der Waals surface area contributed by atoms with Gasteiger partial charge >= 0.3 is 0 Å². The smallest absolute Gasteiger partial charge is 0.161 e. The van der Waals surface area contributed by atoms with Gasteiger partial charge in [-0.05, 0) is 43.5 Å². The Kier molecular flexibility index (Phi) is 3.38. The van der Waals surface area contributed by atoms with Gasteiger partial charge in [0.25, 0.3) is 0 Å². The van der Waals surface area contributed by atoms with Crippen molar-refractivity contribution in [3.63, 3.8) is 0 Å². The van der Waals surface area contributed by atoms with Crippen LogP contribution in [0.1, 0.15) is 16.7 Å². The maximum atomic E-state index is 13.9. The molecule has 0 amide bonds. The molecule has 0 aliphatic heterocycles. The summed E-state index contributed by atoms with van der Waals surface area (Å²) in [7, 11) is 0. The Labute approximate surface area is 127 Å². The van der Waals surface area contributed by atoms with Gasteiger partial charge in [-0.1, -0.05) is 35.9 Å². The van der Waals surface area contributed by atoms with Crippen LogP contribution in [0.2, 0.25) is 5.15 Å². The van der Waals surface area contributed by atoms with Crippen molar-refractivity contribution in [2.75, 3.05) is 0 Å². The zero-order valence-corrected chi connectivity index (χ0v) is 12.8. The van der Waals surface area contributed by atoms with E-state index in [4.69, 9.17) is 11.6 Å². The Balaban J connectivity index is 2.36. The summed E-state index contributed by atoms with van der Waals surface area (Å²) in [5.41, 5.74) is 4.61. The molecule has 2 aromatic carbocycles. The fourth-order valence-electron chi connectivity index (χ4n) is 2.40. The topological polar surface area (TPSA) is 25.8 Å². The molecule has 3 rings (SSSR count). The maximum Gasteiger partial charge on any atom is 0.161 e. The number of aromatic nitrogens is 2. The number of hydrogen-bond donors (Lipinski definition) is 0. The van der Waals surface area contributed by atoms with Crippen LogP contribution in [0.3, 0.4) is 0 Å². The van der Waals surface area contributed by atoms with Gasteiger partial charge in [-0.2, -0.15) is 0 Å². The third-order valence-corrected chi connectivity index (χ3v) is 4.08. The minimum atomic E-state index is -0.395. The fourth-order valence-corrected chi connectivity index (χ4v) is 2.66. The molecule has 1 heterocycles. The first-order valence-electron chi connectivity index (χ1n) is 6.68. The molecule has 0 aliphatic rings. The molecular weight excluding hydrogens is 287 g/mol. The van der Waals surface area contributed by atoms with Gasteiger partial charge in [-0.25, -0.2) is 14.4 Å². The summed E-state index contributed by atoms with van der Waals surface area (Å²) >= 11 is 6.19. The van der Waals surface area contributed by atoms with E-state index in [0.717, 1.165) is 22.3 Å². The largest absolute Gasteiger partial charge is 0.227 e. The number of fused-ring (bicyclic) bond motifs is 1. The normalized spacial score (nSPS) is 11.1. The van der Waals surface area contributed by atoms with Gasteiger partial charge in [0.15, 0.2) is 5.82 Å². The highest BCUT2D eigenvalue weighted by atomic mass is 35.5. The lowest BCUT2D eigenvalue weighted by atomic mass is 10.0. The molecule has 21 heavy (non-hydrogen) atoms. The van der Waals surface area contributed by atoms with E-state index in [2.05, 4.69) is 9.97 Å². The summed E-state index contributed by atoms with van der Waals surface area (Å²) < 4.78 is 13.9. The van der Waals surface area contributed by atoms with E-state index in [9.17, 15) is 4.39 Å². The molecule has 0 radical (unpaired) electrons. The van der Waals surface area contributed by atoms with Crippen molar-refractivity contribution in [1.29, 1.82) is 0 Å². The zero-order valence-electron chi connectivity index (χ0n) is 12.0. The third kappa shape index (κ3) is 2.28. The average Bonchev–Trinajstić information content (AvgIpc) is 2.45. The van der Waals surface area contributed by atoms with Crippen LogP contribution in [-0.4, -0.2) is 9.97 Å². The predicted molar refractivity (Wildman–Crippen MR) is 84.2 cm³/mol. The van der Waals surface area contributed by atoms with Crippen molar-refractivity contribution < 1.29 is 4.39 Å². The molecule has 0 fully saturated rings. The number of rotatable bonds is 1. The van der Waals surface area contributed by atoms with Gasteiger partial charge in [0, 0.05) is 5.56 Å². The van der Waals surface area contributed by atoms with Gasteiger partial charge in [-0.15, -0.1) is 0 Å². The van der Waals surface area contributed by atoms with Crippen molar-refractivity contribution in [3.05, 3.63) is 58.0 Å². The molecule has 0 unspecified atom stereocenters. The summed E-state index contributed by atoms with van der Waals surface area (Å²) in [4.78, 5) is 8.82. The van der Waals surface area contributed by atoms with E-state index in [0.29, 0.717) is 11.3 Å². The van der Waals surface area contributed by atoms with E-state index < -0.39 is 5.82 Å². The third-order valence-electron chi connectivity index (χ3n) is 3.80. The lowest BCUT2D eigenvalue weighted by molar-refractivity contribution is 0.639. The summed E-state index contributed by atoms with van der Waals surface area (Å²) in [5.74, 6) is 0.135. The summed E-state index contributed by atoms with van der Waals surface area (Å²) in [6.07, 6.45) is 0. The molecular formula is C17H14ClFN2. The molecule has 1 aromatic heterocycles. The molecule has 0 saturated heterocycles. The summed E-state index contributed by atoms with van der Waals surface area (Å²) in [6.45, 7) is 5.94. The molecule has 0 aliphatic carbocycles. The summed E-state index contributed by atoms with van der Waals surface area (Å²) in [6, 6.07) is 9.04.